The van der Waals surface area contributed by atoms with Crippen LogP contribution >= 0.6 is 11.8 Å². The van der Waals surface area contributed by atoms with Crippen molar-refractivity contribution >= 4 is 17.7 Å². The normalized spacial score (nSPS) is 24.0. The molecule has 0 saturated carbocycles. The zero-order chi connectivity index (χ0) is 13.8. The van der Waals surface area contributed by atoms with Gasteiger partial charge < -0.3 is 4.90 Å². The number of thioether (sulfide) groups is 1. The first kappa shape index (κ1) is 13.9. The van der Waals surface area contributed by atoms with Crippen molar-refractivity contribution < 1.29 is 4.79 Å². The van der Waals surface area contributed by atoms with Crippen molar-refractivity contribution in [2.75, 3.05) is 37.8 Å². The number of hydrogen-bond donors (Lipinski definition) is 1. The van der Waals surface area contributed by atoms with E-state index in [1.165, 1.54) is 5.56 Å². The molecule has 2 saturated heterocycles. The molecule has 0 spiro atoms. The summed E-state index contributed by atoms with van der Waals surface area (Å²) in [4.78, 5) is 16.7. The summed E-state index contributed by atoms with van der Waals surface area (Å²) in [6.45, 7) is 4.64. The maximum absolute atomic E-state index is 12.3. The van der Waals surface area contributed by atoms with E-state index in [0.717, 1.165) is 44.4 Å². The van der Waals surface area contributed by atoms with Crippen molar-refractivity contribution in [3.8, 4) is 0 Å². The fourth-order valence-electron chi connectivity index (χ4n) is 2.74. The number of carbonyl (C=O) groups excluding carboxylic acids is 1. The van der Waals surface area contributed by atoms with Crippen LogP contribution in [0.15, 0.2) is 30.3 Å². The maximum Gasteiger partial charge on any atom is 0.240 e. The summed E-state index contributed by atoms with van der Waals surface area (Å²) in [6.07, 6.45) is 0. The number of carbonyl (C=O) groups is 1. The molecule has 1 N–H and O–H groups in total. The zero-order valence-corrected chi connectivity index (χ0v) is 12.4. The van der Waals surface area contributed by atoms with E-state index in [-0.39, 0.29) is 11.9 Å². The van der Waals surface area contributed by atoms with Crippen molar-refractivity contribution in [3.05, 3.63) is 35.9 Å². The van der Waals surface area contributed by atoms with Crippen LogP contribution in [-0.4, -0.2) is 59.6 Å². The number of piperazine rings is 1. The number of nitrogens with one attached hydrogen (secondary N) is 1. The summed E-state index contributed by atoms with van der Waals surface area (Å²) in [5.41, 5.74) is 1.35. The van der Waals surface area contributed by atoms with Crippen LogP contribution in [0.5, 0.6) is 0 Å². The van der Waals surface area contributed by atoms with Crippen LogP contribution in [0.4, 0.5) is 0 Å². The topological polar surface area (TPSA) is 35.6 Å². The number of rotatable bonds is 3. The first-order valence-corrected chi connectivity index (χ1v) is 8.34. The third-order valence-corrected chi connectivity index (χ3v) is 4.89. The average molecular weight is 291 g/mol. The average Bonchev–Trinajstić information content (AvgIpc) is 3.03. The second-order valence-electron chi connectivity index (χ2n) is 5.36. The van der Waals surface area contributed by atoms with E-state index in [9.17, 15) is 4.79 Å². The first-order valence-electron chi connectivity index (χ1n) is 7.19. The fraction of sp³-hybridized carbons (Fsp3) is 0.533. The lowest BCUT2D eigenvalue weighted by Gasteiger charge is -2.35. The Kier molecular flexibility index (Phi) is 4.60. The van der Waals surface area contributed by atoms with Gasteiger partial charge in [-0.05, 0) is 5.56 Å². The Hall–Kier alpha value is -1.04. The predicted molar refractivity (Wildman–Crippen MR) is 82.5 cm³/mol. The summed E-state index contributed by atoms with van der Waals surface area (Å²) in [5.74, 6) is 2.11. The number of nitrogens with zero attached hydrogens (tertiary/aromatic N) is 2. The van der Waals surface area contributed by atoms with Gasteiger partial charge in [0.25, 0.3) is 0 Å². The van der Waals surface area contributed by atoms with Crippen molar-refractivity contribution in [3.63, 3.8) is 0 Å². The number of hydrogen-bond acceptors (Lipinski definition) is 4. The Balaban J connectivity index is 1.48. The summed E-state index contributed by atoms with van der Waals surface area (Å²) in [5, 5.41) is 3.26. The van der Waals surface area contributed by atoms with Gasteiger partial charge in [0.2, 0.25) is 5.91 Å². The molecule has 1 amide bonds. The maximum atomic E-state index is 12.3. The fourth-order valence-corrected chi connectivity index (χ4v) is 3.68. The highest BCUT2D eigenvalue weighted by Crippen LogP contribution is 2.14. The molecule has 3 rings (SSSR count). The Bertz CT molecular complexity index is 440. The van der Waals surface area contributed by atoms with Crippen LogP contribution in [0, 0.1) is 0 Å². The molecule has 2 aliphatic heterocycles. The van der Waals surface area contributed by atoms with Crippen molar-refractivity contribution in [2.45, 2.75) is 12.6 Å². The molecule has 2 aliphatic rings. The van der Waals surface area contributed by atoms with Gasteiger partial charge in [-0.15, -0.1) is 11.8 Å². The molecule has 2 heterocycles. The van der Waals surface area contributed by atoms with Crippen molar-refractivity contribution in [2.24, 2.45) is 0 Å². The lowest BCUT2D eigenvalue weighted by molar-refractivity contribution is -0.134. The minimum atomic E-state index is 0.0423. The summed E-state index contributed by atoms with van der Waals surface area (Å²) in [7, 11) is 0. The van der Waals surface area contributed by atoms with Gasteiger partial charge in [0, 0.05) is 44.4 Å². The van der Waals surface area contributed by atoms with Gasteiger partial charge in [-0.25, -0.2) is 0 Å². The third kappa shape index (κ3) is 3.34. The molecule has 20 heavy (non-hydrogen) atoms. The van der Waals surface area contributed by atoms with E-state index < -0.39 is 0 Å². The number of amides is 1. The van der Waals surface area contributed by atoms with Gasteiger partial charge in [-0.1, -0.05) is 30.3 Å². The number of benzene rings is 1. The lowest BCUT2D eigenvalue weighted by Crippen LogP contribution is -2.53. The van der Waals surface area contributed by atoms with Crippen LogP contribution in [-0.2, 0) is 11.3 Å². The van der Waals surface area contributed by atoms with Crippen LogP contribution in [0.25, 0.3) is 0 Å². The summed E-state index contributed by atoms with van der Waals surface area (Å²) in [6, 6.07) is 10.6. The monoisotopic (exact) mass is 291 g/mol. The van der Waals surface area contributed by atoms with Crippen LogP contribution in [0.1, 0.15) is 5.56 Å². The molecule has 4 nitrogen and oxygen atoms in total. The van der Waals surface area contributed by atoms with E-state index in [0.29, 0.717) is 0 Å². The zero-order valence-electron chi connectivity index (χ0n) is 11.6. The van der Waals surface area contributed by atoms with Gasteiger partial charge >= 0.3 is 0 Å². The van der Waals surface area contributed by atoms with E-state index in [1.54, 1.807) is 0 Å². The second-order valence-corrected chi connectivity index (χ2v) is 6.39. The standard InChI is InChI=1S/C15H21N3OS/c19-15(14-11-20-12-16-14)18-8-6-17(7-9-18)10-13-4-2-1-3-5-13/h1-5,14,16H,6-12H2. The first-order chi connectivity index (χ1) is 9.83. The SMILES string of the molecule is O=C(C1CSCN1)N1CCN(Cc2ccccc2)CC1. The minimum Gasteiger partial charge on any atom is -0.339 e. The van der Waals surface area contributed by atoms with Crippen molar-refractivity contribution in [1.82, 2.24) is 15.1 Å². The summed E-state index contributed by atoms with van der Waals surface area (Å²) < 4.78 is 0. The molecular weight excluding hydrogens is 270 g/mol. The van der Waals surface area contributed by atoms with Crippen molar-refractivity contribution in [1.29, 1.82) is 0 Å². The largest absolute Gasteiger partial charge is 0.339 e. The van der Waals surface area contributed by atoms with Gasteiger partial charge in [0.05, 0.1) is 6.04 Å². The van der Waals surface area contributed by atoms with Crippen LogP contribution in [0.2, 0.25) is 0 Å². The van der Waals surface area contributed by atoms with E-state index in [4.69, 9.17) is 0 Å². The highest BCUT2D eigenvalue weighted by atomic mass is 32.2. The lowest BCUT2D eigenvalue weighted by atomic mass is 10.2. The molecule has 108 valence electrons. The van der Waals surface area contributed by atoms with Gasteiger partial charge in [-0.2, -0.15) is 0 Å². The summed E-state index contributed by atoms with van der Waals surface area (Å²) >= 11 is 1.81. The Morgan fingerprint density at radius 3 is 2.60 bits per heavy atom. The molecule has 1 aromatic carbocycles. The molecule has 2 fully saturated rings. The molecule has 1 aromatic rings. The molecule has 0 radical (unpaired) electrons. The van der Waals surface area contributed by atoms with E-state index >= 15 is 0 Å². The van der Waals surface area contributed by atoms with E-state index in [1.807, 2.05) is 22.7 Å². The highest BCUT2D eigenvalue weighted by Gasteiger charge is 2.29. The molecule has 0 aliphatic carbocycles. The van der Waals surface area contributed by atoms with E-state index in [2.05, 4.69) is 34.5 Å². The molecule has 5 heteroatoms. The Morgan fingerprint density at radius 2 is 1.95 bits per heavy atom. The quantitative estimate of drug-likeness (QED) is 0.901. The molecular formula is C15H21N3OS. The Morgan fingerprint density at radius 1 is 1.20 bits per heavy atom. The third-order valence-electron chi connectivity index (χ3n) is 3.95. The highest BCUT2D eigenvalue weighted by molar-refractivity contribution is 7.99. The van der Waals surface area contributed by atoms with Crippen LogP contribution in [0.3, 0.4) is 0 Å². The molecule has 0 aromatic heterocycles. The minimum absolute atomic E-state index is 0.0423. The molecule has 1 unspecified atom stereocenters. The predicted octanol–water partition coefficient (Wildman–Crippen LogP) is 0.993. The van der Waals surface area contributed by atoms with Crippen LogP contribution < -0.4 is 5.32 Å². The molecule has 1 atom stereocenters. The van der Waals surface area contributed by atoms with Gasteiger partial charge in [-0.3, -0.25) is 15.0 Å². The smallest absolute Gasteiger partial charge is 0.240 e. The molecule has 0 bridgehead atoms. The van der Waals surface area contributed by atoms with Gasteiger partial charge in [0.1, 0.15) is 0 Å². The second kappa shape index (κ2) is 6.61. The Labute approximate surface area is 124 Å². The van der Waals surface area contributed by atoms with Gasteiger partial charge in [0.15, 0.2) is 0 Å².